The van der Waals surface area contributed by atoms with Gasteiger partial charge < -0.3 is 11.1 Å². The number of rotatable bonds is 2. The molecule has 5 nitrogen and oxygen atoms in total. The van der Waals surface area contributed by atoms with Crippen molar-refractivity contribution in [1.29, 1.82) is 0 Å². The molecule has 100 valence electrons. The van der Waals surface area contributed by atoms with E-state index in [4.69, 9.17) is 5.73 Å². The van der Waals surface area contributed by atoms with Crippen LogP contribution in [0.4, 0.5) is 15.8 Å². The molecular weight excluding hydrogens is 259 g/mol. The quantitative estimate of drug-likeness (QED) is 0.626. The minimum Gasteiger partial charge on any atom is -0.398 e. The van der Waals surface area contributed by atoms with Gasteiger partial charge in [-0.25, -0.2) is 4.39 Å². The van der Waals surface area contributed by atoms with Crippen LogP contribution in [-0.2, 0) is 0 Å². The van der Waals surface area contributed by atoms with Crippen molar-refractivity contribution >= 4 is 28.2 Å². The summed E-state index contributed by atoms with van der Waals surface area (Å²) in [7, 11) is 0. The van der Waals surface area contributed by atoms with Gasteiger partial charge in [0.15, 0.2) is 0 Å². The minimum atomic E-state index is -0.505. The maximum absolute atomic E-state index is 13.2. The summed E-state index contributed by atoms with van der Waals surface area (Å²) in [6.45, 7) is 0. The number of nitrogens with zero attached hydrogens (tertiary/aromatic N) is 1. The van der Waals surface area contributed by atoms with Crippen molar-refractivity contribution in [2.24, 2.45) is 0 Å². The molecule has 0 atom stereocenters. The molecular formula is C14H11FN4O. The normalized spacial score (nSPS) is 10.7. The third-order valence-corrected chi connectivity index (χ3v) is 2.96. The fraction of sp³-hybridized carbons (Fsp3) is 0. The van der Waals surface area contributed by atoms with Crippen LogP contribution in [0.25, 0.3) is 10.9 Å². The number of halogens is 1. The molecule has 1 heterocycles. The highest BCUT2D eigenvalue weighted by molar-refractivity contribution is 6.08. The van der Waals surface area contributed by atoms with E-state index in [0.29, 0.717) is 5.69 Å². The number of hydrogen-bond donors (Lipinski definition) is 3. The average molecular weight is 270 g/mol. The summed E-state index contributed by atoms with van der Waals surface area (Å²) in [4.78, 5) is 12.1. The van der Waals surface area contributed by atoms with E-state index in [9.17, 15) is 9.18 Å². The average Bonchev–Trinajstić information content (AvgIpc) is 2.89. The second-order valence-electron chi connectivity index (χ2n) is 4.36. The number of nitrogens with one attached hydrogen (secondary N) is 2. The van der Waals surface area contributed by atoms with Crippen LogP contribution in [-0.4, -0.2) is 16.1 Å². The molecule has 0 aliphatic rings. The Morgan fingerprint density at radius 3 is 2.95 bits per heavy atom. The zero-order valence-electron chi connectivity index (χ0n) is 10.4. The van der Waals surface area contributed by atoms with E-state index in [1.165, 1.54) is 12.1 Å². The summed E-state index contributed by atoms with van der Waals surface area (Å²) in [5.74, 6) is -0.959. The molecule has 0 aliphatic carbocycles. The molecule has 1 amide bonds. The van der Waals surface area contributed by atoms with Crippen LogP contribution in [0.2, 0.25) is 0 Å². The second kappa shape index (κ2) is 4.65. The standard InChI is InChI=1S/C14H11FN4O/c15-9-1-3-12(16)11(6-9)14(20)18-10-2-4-13-8(5-10)7-17-19-13/h1-7H,16H2,(H,17,19)(H,18,20). The zero-order valence-corrected chi connectivity index (χ0v) is 10.4. The lowest BCUT2D eigenvalue weighted by molar-refractivity contribution is 0.102. The zero-order chi connectivity index (χ0) is 14.1. The van der Waals surface area contributed by atoms with E-state index in [1.807, 2.05) is 0 Å². The van der Waals surface area contributed by atoms with Crippen molar-refractivity contribution in [1.82, 2.24) is 10.2 Å². The smallest absolute Gasteiger partial charge is 0.257 e. The molecule has 2 aromatic carbocycles. The molecule has 0 aliphatic heterocycles. The third-order valence-electron chi connectivity index (χ3n) is 2.96. The molecule has 0 unspecified atom stereocenters. The highest BCUT2D eigenvalue weighted by atomic mass is 19.1. The lowest BCUT2D eigenvalue weighted by Crippen LogP contribution is -2.14. The predicted octanol–water partition coefficient (Wildman–Crippen LogP) is 2.54. The van der Waals surface area contributed by atoms with Crippen molar-refractivity contribution in [3.8, 4) is 0 Å². The van der Waals surface area contributed by atoms with E-state index in [1.54, 1.807) is 24.4 Å². The Balaban J connectivity index is 1.89. The maximum Gasteiger partial charge on any atom is 0.257 e. The highest BCUT2D eigenvalue weighted by Crippen LogP contribution is 2.19. The van der Waals surface area contributed by atoms with E-state index in [0.717, 1.165) is 17.0 Å². The SMILES string of the molecule is Nc1ccc(F)cc1C(=O)Nc1ccc2[nH]ncc2c1. The van der Waals surface area contributed by atoms with Crippen LogP contribution in [0.15, 0.2) is 42.6 Å². The number of carbonyl (C=O) groups excluding carboxylic acids is 1. The van der Waals surface area contributed by atoms with Gasteiger partial charge in [-0.2, -0.15) is 5.10 Å². The van der Waals surface area contributed by atoms with Gasteiger partial charge in [0.05, 0.1) is 17.3 Å². The van der Waals surface area contributed by atoms with Gasteiger partial charge in [-0.05, 0) is 36.4 Å². The largest absolute Gasteiger partial charge is 0.398 e. The van der Waals surface area contributed by atoms with Gasteiger partial charge in [0.25, 0.3) is 5.91 Å². The number of aromatic nitrogens is 2. The molecule has 0 spiro atoms. The number of amides is 1. The van der Waals surface area contributed by atoms with Crippen LogP contribution in [0.3, 0.4) is 0 Å². The van der Waals surface area contributed by atoms with Crippen LogP contribution in [0.5, 0.6) is 0 Å². The van der Waals surface area contributed by atoms with Crippen LogP contribution in [0.1, 0.15) is 10.4 Å². The molecule has 0 saturated heterocycles. The lowest BCUT2D eigenvalue weighted by Gasteiger charge is -2.07. The van der Waals surface area contributed by atoms with Gasteiger partial charge in [0, 0.05) is 16.8 Å². The number of benzene rings is 2. The van der Waals surface area contributed by atoms with Gasteiger partial charge >= 0.3 is 0 Å². The van der Waals surface area contributed by atoms with Crippen molar-refractivity contribution < 1.29 is 9.18 Å². The Bertz CT molecular complexity index is 797. The molecule has 0 fully saturated rings. The van der Waals surface area contributed by atoms with E-state index >= 15 is 0 Å². The molecule has 4 N–H and O–H groups in total. The fourth-order valence-corrected chi connectivity index (χ4v) is 1.94. The van der Waals surface area contributed by atoms with Gasteiger partial charge in [0.2, 0.25) is 0 Å². The summed E-state index contributed by atoms with van der Waals surface area (Å²) in [5, 5.41) is 10.3. The van der Waals surface area contributed by atoms with E-state index < -0.39 is 11.7 Å². The van der Waals surface area contributed by atoms with E-state index in [2.05, 4.69) is 15.5 Å². The van der Waals surface area contributed by atoms with Crippen molar-refractivity contribution in [3.63, 3.8) is 0 Å². The number of carbonyl (C=O) groups is 1. The topological polar surface area (TPSA) is 83.8 Å². The number of anilines is 2. The van der Waals surface area contributed by atoms with E-state index in [-0.39, 0.29) is 11.3 Å². The first-order chi connectivity index (χ1) is 9.63. The molecule has 0 radical (unpaired) electrons. The number of aromatic amines is 1. The van der Waals surface area contributed by atoms with Crippen molar-refractivity contribution in [2.45, 2.75) is 0 Å². The Morgan fingerprint density at radius 2 is 2.10 bits per heavy atom. The Kier molecular flexibility index (Phi) is 2.83. The van der Waals surface area contributed by atoms with Gasteiger partial charge in [-0.15, -0.1) is 0 Å². The van der Waals surface area contributed by atoms with Crippen LogP contribution < -0.4 is 11.1 Å². The van der Waals surface area contributed by atoms with Crippen LogP contribution >= 0.6 is 0 Å². The monoisotopic (exact) mass is 270 g/mol. The predicted molar refractivity (Wildman–Crippen MR) is 74.9 cm³/mol. The highest BCUT2D eigenvalue weighted by Gasteiger charge is 2.11. The molecule has 6 heteroatoms. The third kappa shape index (κ3) is 2.18. The summed E-state index contributed by atoms with van der Waals surface area (Å²) < 4.78 is 13.2. The van der Waals surface area contributed by atoms with Crippen molar-refractivity contribution in [3.05, 3.63) is 54.0 Å². The summed E-state index contributed by atoms with van der Waals surface area (Å²) >= 11 is 0. The second-order valence-corrected chi connectivity index (χ2v) is 4.36. The Morgan fingerprint density at radius 1 is 1.25 bits per heavy atom. The first-order valence-corrected chi connectivity index (χ1v) is 5.93. The summed E-state index contributed by atoms with van der Waals surface area (Å²) in [6, 6.07) is 8.99. The summed E-state index contributed by atoms with van der Waals surface area (Å²) in [5.41, 5.74) is 7.47. The first-order valence-electron chi connectivity index (χ1n) is 5.93. The maximum atomic E-state index is 13.2. The fourth-order valence-electron chi connectivity index (χ4n) is 1.94. The molecule has 1 aromatic heterocycles. The first kappa shape index (κ1) is 12.2. The molecule has 0 bridgehead atoms. The van der Waals surface area contributed by atoms with Gasteiger partial charge in [0.1, 0.15) is 5.82 Å². The summed E-state index contributed by atoms with van der Waals surface area (Å²) in [6.07, 6.45) is 1.65. The molecule has 0 saturated carbocycles. The Hall–Kier alpha value is -2.89. The Labute approximate surface area is 113 Å². The number of H-pyrrole nitrogens is 1. The minimum absolute atomic E-state index is 0.109. The number of nitrogen functional groups attached to an aromatic ring is 1. The molecule has 20 heavy (non-hydrogen) atoms. The number of hydrogen-bond acceptors (Lipinski definition) is 3. The molecule has 3 aromatic rings. The number of nitrogens with two attached hydrogens (primary N) is 1. The molecule has 3 rings (SSSR count). The number of fused-ring (bicyclic) bond motifs is 1. The van der Waals surface area contributed by atoms with Crippen LogP contribution in [0, 0.1) is 5.82 Å². The van der Waals surface area contributed by atoms with Crippen molar-refractivity contribution in [2.75, 3.05) is 11.1 Å². The lowest BCUT2D eigenvalue weighted by atomic mass is 10.1. The van der Waals surface area contributed by atoms with Gasteiger partial charge in [-0.3, -0.25) is 9.89 Å². The van der Waals surface area contributed by atoms with Gasteiger partial charge in [-0.1, -0.05) is 0 Å².